The average Bonchev–Trinajstić information content (AvgIpc) is 2.90. The molecule has 0 aromatic heterocycles. The molecule has 0 bridgehead atoms. The summed E-state index contributed by atoms with van der Waals surface area (Å²) in [4.78, 5) is 28.3. The van der Waals surface area contributed by atoms with Crippen LogP contribution in [0.1, 0.15) is 20.7 Å². The highest BCUT2D eigenvalue weighted by molar-refractivity contribution is 8.05. The van der Waals surface area contributed by atoms with E-state index in [1.54, 1.807) is 47.8 Å². The van der Waals surface area contributed by atoms with E-state index < -0.39 is 0 Å². The average molecular weight is 485 g/mol. The second kappa shape index (κ2) is 9.41. The van der Waals surface area contributed by atoms with Gasteiger partial charge in [-0.05, 0) is 70.8 Å². The van der Waals surface area contributed by atoms with Crippen molar-refractivity contribution in [2.24, 2.45) is 0 Å². The van der Waals surface area contributed by atoms with Crippen LogP contribution in [0.15, 0.2) is 105 Å². The number of fused-ring (bicyclic) bond motifs is 2. The van der Waals surface area contributed by atoms with Gasteiger partial charge in [-0.25, -0.2) is 9.59 Å². The highest BCUT2D eigenvalue weighted by Gasteiger charge is 2.19. The van der Waals surface area contributed by atoms with E-state index in [1.165, 1.54) is 33.8 Å². The Kier molecular flexibility index (Phi) is 6.18. The van der Waals surface area contributed by atoms with Crippen LogP contribution in [0.3, 0.4) is 0 Å². The molecule has 0 amide bonds. The zero-order valence-corrected chi connectivity index (χ0v) is 20.2. The molecule has 6 heteroatoms. The molecule has 1 aliphatic rings. The van der Waals surface area contributed by atoms with E-state index in [0.717, 1.165) is 22.3 Å². The Morgan fingerprint density at radius 2 is 0.853 bits per heavy atom. The highest BCUT2D eigenvalue weighted by atomic mass is 32.2. The summed E-state index contributed by atoms with van der Waals surface area (Å²) in [5.41, 5.74) is 5.37. The van der Waals surface area contributed by atoms with Crippen molar-refractivity contribution in [3.8, 4) is 22.3 Å². The number of hydrogen-bond donors (Lipinski definition) is 0. The lowest BCUT2D eigenvalue weighted by atomic mass is 10.0. The van der Waals surface area contributed by atoms with Crippen molar-refractivity contribution in [1.29, 1.82) is 0 Å². The normalized spacial score (nSPS) is 11.8. The van der Waals surface area contributed by atoms with E-state index in [0.29, 0.717) is 11.1 Å². The molecule has 4 aromatic carbocycles. The van der Waals surface area contributed by atoms with Gasteiger partial charge in [0.15, 0.2) is 0 Å². The number of esters is 2. The predicted molar refractivity (Wildman–Crippen MR) is 135 cm³/mol. The summed E-state index contributed by atoms with van der Waals surface area (Å²) in [6.45, 7) is 0. The number of rotatable bonds is 4. The molecule has 0 saturated carbocycles. The largest absolute Gasteiger partial charge is 0.465 e. The van der Waals surface area contributed by atoms with Crippen LogP contribution in [-0.4, -0.2) is 26.2 Å². The lowest BCUT2D eigenvalue weighted by molar-refractivity contribution is 0.0592. The van der Waals surface area contributed by atoms with Gasteiger partial charge in [-0.2, -0.15) is 0 Å². The van der Waals surface area contributed by atoms with E-state index in [9.17, 15) is 9.59 Å². The minimum Gasteiger partial charge on any atom is -0.465 e. The van der Waals surface area contributed by atoms with Gasteiger partial charge < -0.3 is 9.47 Å². The quantitative estimate of drug-likeness (QED) is 0.251. The Balaban J connectivity index is 1.41. The number of benzene rings is 4. The molecular weight excluding hydrogens is 464 g/mol. The molecule has 0 radical (unpaired) electrons. The molecule has 0 atom stereocenters. The molecule has 34 heavy (non-hydrogen) atoms. The maximum atomic E-state index is 11.7. The van der Waals surface area contributed by atoms with E-state index in [1.807, 2.05) is 24.3 Å². The Hall–Kier alpha value is -3.48. The zero-order valence-electron chi connectivity index (χ0n) is 18.5. The summed E-state index contributed by atoms with van der Waals surface area (Å²) in [6, 6.07) is 27.8. The van der Waals surface area contributed by atoms with Crippen molar-refractivity contribution in [3.63, 3.8) is 0 Å². The summed E-state index contributed by atoms with van der Waals surface area (Å²) < 4.78 is 9.57. The van der Waals surface area contributed by atoms with Crippen LogP contribution in [-0.2, 0) is 9.47 Å². The first-order valence-electron chi connectivity index (χ1n) is 10.6. The second-order valence-corrected chi connectivity index (χ2v) is 9.83. The molecule has 0 aliphatic carbocycles. The summed E-state index contributed by atoms with van der Waals surface area (Å²) in [5, 5.41) is 0. The van der Waals surface area contributed by atoms with Crippen molar-refractivity contribution in [1.82, 2.24) is 0 Å². The topological polar surface area (TPSA) is 52.6 Å². The lowest BCUT2D eigenvalue weighted by Gasteiger charge is -2.20. The fourth-order valence-electron chi connectivity index (χ4n) is 3.77. The van der Waals surface area contributed by atoms with Gasteiger partial charge >= 0.3 is 11.9 Å². The first kappa shape index (κ1) is 22.3. The van der Waals surface area contributed by atoms with Crippen molar-refractivity contribution in [2.75, 3.05) is 14.2 Å². The highest BCUT2D eigenvalue weighted by Crippen LogP contribution is 2.50. The third-order valence-electron chi connectivity index (χ3n) is 5.61. The van der Waals surface area contributed by atoms with Gasteiger partial charge in [-0.1, -0.05) is 59.9 Å². The van der Waals surface area contributed by atoms with Gasteiger partial charge in [-0.15, -0.1) is 0 Å². The van der Waals surface area contributed by atoms with Crippen LogP contribution in [0.2, 0.25) is 0 Å². The molecule has 0 saturated heterocycles. The molecule has 0 fully saturated rings. The van der Waals surface area contributed by atoms with Crippen LogP contribution >= 0.6 is 23.5 Å². The SMILES string of the molecule is COC(=O)c1ccc(-c2ccc3c(c2)Sc2cc(-c4ccc(C(=O)OC)cc4)ccc2S3)cc1. The van der Waals surface area contributed by atoms with Crippen LogP contribution in [0.5, 0.6) is 0 Å². The fraction of sp³-hybridized carbons (Fsp3) is 0.0714. The van der Waals surface area contributed by atoms with Gasteiger partial charge in [-0.3, -0.25) is 0 Å². The van der Waals surface area contributed by atoms with Crippen LogP contribution in [0.4, 0.5) is 0 Å². The van der Waals surface area contributed by atoms with Gasteiger partial charge in [0.05, 0.1) is 25.3 Å². The van der Waals surface area contributed by atoms with Crippen molar-refractivity contribution >= 4 is 35.5 Å². The molecule has 0 N–H and O–H groups in total. The predicted octanol–water partition coefficient (Wildman–Crippen LogP) is 7.21. The summed E-state index contributed by atoms with van der Waals surface area (Å²) in [6.07, 6.45) is 0. The van der Waals surface area contributed by atoms with Crippen molar-refractivity contribution in [2.45, 2.75) is 19.6 Å². The maximum Gasteiger partial charge on any atom is 0.337 e. The molecule has 5 rings (SSSR count). The van der Waals surface area contributed by atoms with Crippen molar-refractivity contribution < 1.29 is 19.1 Å². The third kappa shape index (κ3) is 4.34. The number of carbonyl (C=O) groups is 2. The minimum atomic E-state index is -0.337. The monoisotopic (exact) mass is 484 g/mol. The van der Waals surface area contributed by atoms with Crippen LogP contribution < -0.4 is 0 Å². The van der Waals surface area contributed by atoms with E-state index >= 15 is 0 Å². The number of carbonyl (C=O) groups excluding carboxylic acids is 2. The fourth-order valence-corrected chi connectivity index (χ4v) is 6.05. The standard InChI is InChI=1S/C28H20O4S2/c1-31-27(29)19-7-3-17(4-8-19)21-11-13-23-25(15-21)34-26-16-22(12-14-24(26)33-23)18-5-9-20(10-6-18)28(30)32-2/h3-16H,1-2H3. The Morgan fingerprint density at radius 1 is 0.500 bits per heavy atom. The summed E-state index contributed by atoms with van der Waals surface area (Å²) in [5.74, 6) is -0.674. The van der Waals surface area contributed by atoms with Gasteiger partial charge in [0.2, 0.25) is 0 Å². The zero-order chi connectivity index (χ0) is 23.7. The molecule has 4 aromatic rings. The lowest BCUT2D eigenvalue weighted by Crippen LogP contribution is -2.00. The first-order valence-corrected chi connectivity index (χ1v) is 12.2. The first-order chi connectivity index (χ1) is 16.6. The third-order valence-corrected chi connectivity index (χ3v) is 8.13. The number of methoxy groups -OCH3 is 2. The molecule has 1 aliphatic heterocycles. The number of hydrogen-bond acceptors (Lipinski definition) is 6. The molecule has 168 valence electrons. The second-order valence-electron chi connectivity index (χ2n) is 7.67. The minimum absolute atomic E-state index is 0.337. The molecular formula is C28H20O4S2. The smallest absolute Gasteiger partial charge is 0.337 e. The number of ether oxygens (including phenoxy) is 2. The summed E-state index contributed by atoms with van der Waals surface area (Å²) >= 11 is 3.52. The Morgan fingerprint density at radius 3 is 1.24 bits per heavy atom. The Bertz CT molecular complexity index is 1290. The molecule has 0 unspecified atom stereocenters. The Labute approximate surface area is 206 Å². The molecule has 0 spiro atoms. The van der Waals surface area contributed by atoms with Gasteiger partial charge in [0, 0.05) is 19.6 Å². The maximum absolute atomic E-state index is 11.7. The van der Waals surface area contributed by atoms with Gasteiger partial charge in [0.1, 0.15) is 0 Å². The summed E-state index contributed by atoms with van der Waals surface area (Å²) in [7, 11) is 2.77. The van der Waals surface area contributed by atoms with Crippen molar-refractivity contribution in [3.05, 3.63) is 96.1 Å². The molecule has 4 nitrogen and oxygen atoms in total. The van der Waals surface area contributed by atoms with Gasteiger partial charge in [0.25, 0.3) is 0 Å². The molecule has 1 heterocycles. The van der Waals surface area contributed by atoms with E-state index in [2.05, 4.69) is 36.4 Å². The van der Waals surface area contributed by atoms with Crippen LogP contribution in [0.25, 0.3) is 22.3 Å². The van der Waals surface area contributed by atoms with Crippen LogP contribution in [0, 0.1) is 0 Å². The van der Waals surface area contributed by atoms with E-state index in [-0.39, 0.29) is 11.9 Å². The van der Waals surface area contributed by atoms with E-state index in [4.69, 9.17) is 9.47 Å².